The first kappa shape index (κ1) is 17.5. The molecule has 0 saturated carbocycles. The van der Waals surface area contributed by atoms with E-state index in [0.717, 1.165) is 6.42 Å². The van der Waals surface area contributed by atoms with Gasteiger partial charge in [0.25, 0.3) is 0 Å². The highest BCUT2D eigenvalue weighted by Crippen LogP contribution is 2.34. The predicted molar refractivity (Wildman–Crippen MR) is 91.1 cm³/mol. The average Bonchev–Trinajstić information content (AvgIpc) is 2.79. The van der Waals surface area contributed by atoms with E-state index in [1.807, 2.05) is 6.92 Å². The first-order valence-corrected chi connectivity index (χ1v) is 7.78. The van der Waals surface area contributed by atoms with Crippen molar-refractivity contribution in [3.8, 4) is 0 Å². The van der Waals surface area contributed by atoms with Crippen molar-refractivity contribution < 1.29 is 19.2 Å². The Labute approximate surface area is 140 Å². The summed E-state index contributed by atoms with van der Waals surface area (Å²) in [6, 6.07) is 4.63. The summed E-state index contributed by atoms with van der Waals surface area (Å²) in [4.78, 5) is 49.2. The second kappa shape index (κ2) is 7.17. The molecule has 5 heteroatoms. The Morgan fingerprint density at radius 2 is 1.92 bits per heavy atom. The maximum absolute atomic E-state index is 12.7. The molecule has 1 aromatic carbocycles. The van der Waals surface area contributed by atoms with Crippen molar-refractivity contribution in [1.82, 2.24) is 0 Å². The molecule has 5 nitrogen and oxygen atoms in total. The van der Waals surface area contributed by atoms with Crippen molar-refractivity contribution >= 4 is 28.9 Å². The third-order valence-electron chi connectivity index (χ3n) is 3.80. The van der Waals surface area contributed by atoms with E-state index in [9.17, 15) is 19.2 Å². The molecule has 0 fully saturated rings. The zero-order valence-electron chi connectivity index (χ0n) is 13.9. The molecule has 0 aromatic heterocycles. The van der Waals surface area contributed by atoms with Crippen LogP contribution in [0.25, 0.3) is 0 Å². The van der Waals surface area contributed by atoms with Gasteiger partial charge in [-0.2, -0.15) is 0 Å². The number of benzene rings is 1. The molecule has 0 bridgehead atoms. The van der Waals surface area contributed by atoms with Crippen LogP contribution in [0.4, 0.5) is 5.69 Å². The standard InChI is InChI=1S/C19H19NO4/c1-4-6-8-12(5-2)17(22)16-18(23)13-9-7-10-14(20-11(3)21)15(13)19(16)24/h5-10,16H,4H2,1-3H3,(H,20,21)/b8-6-,12-5+. The first-order chi connectivity index (χ1) is 11.4. The molecule has 0 heterocycles. The SMILES string of the molecule is C/C=C(\C=C/CC)C(=O)C1C(=O)c2cccc(NC(C)=O)c2C1=O. The highest BCUT2D eigenvalue weighted by molar-refractivity contribution is 6.39. The fourth-order valence-electron chi connectivity index (χ4n) is 2.71. The topological polar surface area (TPSA) is 80.3 Å². The number of allylic oxidation sites excluding steroid dienone is 4. The number of carbonyl (C=O) groups is 4. The summed E-state index contributed by atoms with van der Waals surface area (Å²) in [5.74, 6) is -3.31. The highest BCUT2D eigenvalue weighted by Gasteiger charge is 2.45. The fraction of sp³-hybridized carbons (Fsp3) is 0.263. The van der Waals surface area contributed by atoms with E-state index in [2.05, 4.69) is 5.32 Å². The summed E-state index contributed by atoms with van der Waals surface area (Å²) in [5, 5.41) is 2.54. The van der Waals surface area contributed by atoms with Crippen LogP contribution in [-0.2, 0) is 9.59 Å². The molecule has 0 saturated heterocycles. The maximum Gasteiger partial charge on any atom is 0.221 e. The number of nitrogens with one attached hydrogen (secondary N) is 1. The van der Waals surface area contributed by atoms with Gasteiger partial charge < -0.3 is 5.32 Å². The minimum absolute atomic E-state index is 0.117. The van der Waals surface area contributed by atoms with Gasteiger partial charge in [-0.05, 0) is 19.4 Å². The largest absolute Gasteiger partial charge is 0.326 e. The van der Waals surface area contributed by atoms with E-state index >= 15 is 0 Å². The van der Waals surface area contributed by atoms with Gasteiger partial charge in [-0.1, -0.05) is 37.3 Å². The van der Waals surface area contributed by atoms with Gasteiger partial charge in [0.05, 0.1) is 11.3 Å². The second-order valence-electron chi connectivity index (χ2n) is 5.49. The molecule has 24 heavy (non-hydrogen) atoms. The summed E-state index contributed by atoms with van der Waals surface area (Å²) in [5.41, 5.74) is 0.891. The fourth-order valence-corrected chi connectivity index (χ4v) is 2.71. The van der Waals surface area contributed by atoms with Crippen LogP contribution in [0.5, 0.6) is 0 Å². The molecule has 0 spiro atoms. The van der Waals surface area contributed by atoms with Crippen LogP contribution < -0.4 is 5.32 Å². The lowest BCUT2D eigenvalue weighted by molar-refractivity contribution is -0.116. The Morgan fingerprint density at radius 3 is 2.50 bits per heavy atom. The molecular weight excluding hydrogens is 306 g/mol. The highest BCUT2D eigenvalue weighted by atomic mass is 16.2. The van der Waals surface area contributed by atoms with Crippen molar-refractivity contribution in [2.24, 2.45) is 5.92 Å². The first-order valence-electron chi connectivity index (χ1n) is 7.78. The van der Waals surface area contributed by atoms with E-state index in [1.165, 1.54) is 13.0 Å². The van der Waals surface area contributed by atoms with Gasteiger partial charge in [-0.25, -0.2) is 0 Å². The molecule has 1 amide bonds. The third-order valence-corrected chi connectivity index (χ3v) is 3.80. The number of carbonyl (C=O) groups excluding carboxylic acids is 4. The lowest BCUT2D eigenvalue weighted by Crippen LogP contribution is -2.26. The van der Waals surface area contributed by atoms with Gasteiger partial charge in [0.15, 0.2) is 17.3 Å². The van der Waals surface area contributed by atoms with E-state index in [1.54, 1.807) is 37.3 Å². The third kappa shape index (κ3) is 3.11. The van der Waals surface area contributed by atoms with Gasteiger partial charge in [0, 0.05) is 18.1 Å². The number of Topliss-reactive ketones (excluding diaryl/α,β-unsaturated/α-hetero) is 3. The summed E-state index contributed by atoms with van der Waals surface area (Å²) >= 11 is 0. The zero-order valence-corrected chi connectivity index (χ0v) is 13.9. The smallest absolute Gasteiger partial charge is 0.221 e. The van der Waals surface area contributed by atoms with E-state index in [-0.39, 0.29) is 22.7 Å². The Hall–Kier alpha value is -2.82. The predicted octanol–water partition coefficient (Wildman–Crippen LogP) is 3.12. The van der Waals surface area contributed by atoms with Crippen molar-refractivity contribution in [3.05, 3.63) is 53.1 Å². The van der Waals surface area contributed by atoms with E-state index in [4.69, 9.17) is 0 Å². The number of hydrogen-bond acceptors (Lipinski definition) is 4. The Bertz CT molecular complexity index is 787. The van der Waals surface area contributed by atoms with Gasteiger partial charge in [-0.15, -0.1) is 0 Å². The molecule has 1 N–H and O–H groups in total. The van der Waals surface area contributed by atoms with Crippen LogP contribution in [0.1, 0.15) is 47.9 Å². The Morgan fingerprint density at radius 1 is 1.21 bits per heavy atom. The monoisotopic (exact) mass is 325 g/mol. The molecule has 1 aliphatic carbocycles. The molecule has 0 aliphatic heterocycles. The molecule has 124 valence electrons. The van der Waals surface area contributed by atoms with Crippen LogP contribution in [-0.4, -0.2) is 23.3 Å². The summed E-state index contributed by atoms with van der Waals surface area (Å²) in [6.45, 7) is 4.93. The number of anilines is 1. The van der Waals surface area contributed by atoms with Crippen LogP contribution in [0.3, 0.4) is 0 Å². The van der Waals surface area contributed by atoms with Gasteiger partial charge >= 0.3 is 0 Å². The van der Waals surface area contributed by atoms with E-state index in [0.29, 0.717) is 5.57 Å². The molecule has 1 aromatic rings. The van der Waals surface area contributed by atoms with Crippen molar-refractivity contribution in [1.29, 1.82) is 0 Å². The number of rotatable bonds is 5. The average molecular weight is 325 g/mol. The quantitative estimate of drug-likeness (QED) is 0.512. The van der Waals surface area contributed by atoms with Gasteiger partial charge in [0.1, 0.15) is 5.92 Å². The number of ketones is 3. The molecule has 1 aliphatic rings. The van der Waals surface area contributed by atoms with Crippen LogP contribution >= 0.6 is 0 Å². The van der Waals surface area contributed by atoms with Crippen LogP contribution in [0, 0.1) is 5.92 Å². The van der Waals surface area contributed by atoms with Gasteiger partial charge in [-0.3, -0.25) is 19.2 Å². The summed E-state index contributed by atoms with van der Waals surface area (Å²) < 4.78 is 0. The lowest BCUT2D eigenvalue weighted by Gasteiger charge is -2.08. The Balaban J connectivity index is 2.45. The number of amides is 1. The molecule has 0 radical (unpaired) electrons. The minimum Gasteiger partial charge on any atom is -0.326 e. The van der Waals surface area contributed by atoms with Crippen molar-refractivity contribution in [3.63, 3.8) is 0 Å². The lowest BCUT2D eigenvalue weighted by atomic mass is 9.92. The summed E-state index contributed by atoms with van der Waals surface area (Å²) in [7, 11) is 0. The molecule has 1 atom stereocenters. The summed E-state index contributed by atoms with van der Waals surface area (Å²) in [6.07, 6.45) is 5.75. The molecule has 2 rings (SSSR count). The van der Waals surface area contributed by atoms with Crippen molar-refractivity contribution in [2.45, 2.75) is 27.2 Å². The normalized spacial score (nSPS) is 17.3. The Kier molecular flexibility index (Phi) is 5.24. The second-order valence-corrected chi connectivity index (χ2v) is 5.49. The minimum atomic E-state index is -1.37. The molecular formula is C19H19NO4. The molecule has 1 unspecified atom stereocenters. The van der Waals surface area contributed by atoms with Gasteiger partial charge in [0.2, 0.25) is 5.91 Å². The number of hydrogen-bond donors (Lipinski definition) is 1. The number of fused-ring (bicyclic) bond motifs is 1. The van der Waals surface area contributed by atoms with Crippen LogP contribution in [0.2, 0.25) is 0 Å². The maximum atomic E-state index is 12.7. The van der Waals surface area contributed by atoms with Crippen molar-refractivity contribution in [2.75, 3.05) is 5.32 Å². The zero-order chi connectivity index (χ0) is 17.9. The van der Waals surface area contributed by atoms with Crippen LogP contribution in [0.15, 0.2) is 42.0 Å². The van der Waals surface area contributed by atoms with E-state index < -0.39 is 23.3 Å².